The first-order valence-electron chi connectivity index (χ1n) is 6.10. The summed E-state index contributed by atoms with van der Waals surface area (Å²) in [5, 5.41) is 6.65. The van der Waals surface area contributed by atoms with E-state index < -0.39 is 9.84 Å². The topological polar surface area (TPSA) is 58.2 Å². The Morgan fingerprint density at radius 1 is 0.810 bits per heavy atom. The molecule has 0 atom stereocenters. The summed E-state index contributed by atoms with van der Waals surface area (Å²) in [6.45, 7) is 0. The fraction of sp³-hybridized carbons (Fsp3) is 0.143. The summed E-state index contributed by atoms with van der Waals surface area (Å²) < 4.78 is 25.3. The van der Waals surface area contributed by atoms with Gasteiger partial charge in [-0.1, -0.05) is 23.2 Å². The van der Waals surface area contributed by atoms with Crippen molar-refractivity contribution in [3.63, 3.8) is 0 Å². The Morgan fingerprint density at radius 2 is 1.19 bits per heavy atom. The molecule has 0 heterocycles. The van der Waals surface area contributed by atoms with Gasteiger partial charge in [-0.05, 0) is 36.4 Å². The summed E-state index contributed by atoms with van der Waals surface area (Å²) in [5.41, 5.74) is 1.11. The molecule has 2 aromatic rings. The molecule has 0 amide bonds. The molecular weight excluding hydrogens is 331 g/mol. The zero-order chi connectivity index (χ0) is 15.6. The SMILES string of the molecule is CNc1cc(S(=O)(=O)c2ccc(Cl)c(NC)c2)ccc1Cl. The summed E-state index contributed by atoms with van der Waals surface area (Å²) in [5.74, 6) is 0. The van der Waals surface area contributed by atoms with Gasteiger partial charge in [0.2, 0.25) is 9.84 Å². The summed E-state index contributed by atoms with van der Waals surface area (Å²) in [6, 6.07) is 9.07. The van der Waals surface area contributed by atoms with Gasteiger partial charge in [0.25, 0.3) is 0 Å². The molecule has 2 aromatic carbocycles. The van der Waals surface area contributed by atoms with Crippen molar-refractivity contribution in [2.45, 2.75) is 9.79 Å². The average Bonchev–Trinajstić information content (AvgIpc) is 2.47. The molecule has 0 saturated carbocycles. The third-order valence-corrected chi connectivity index (χ3v) is 5.44. The van der Waals surface area contributed by atoms with Crippen LogP contribution in [-0.2, 0) is 9.84 Å². The van der Waals surface area contributed by atoms with Gasteiger partial charge < -0.3 is 10.6 Å². The van der Waals surface area contributed by atoms with Crippen LogP contribution in [0.1, 0.15) is 0 Å². The maximum atomic E-state index is 12.7. The molecule has 112 valence electrons. The fourth-order valence-corrected chi connectivity index (χ4v) is 3.60. The Hall–Kier alpha value is -1.43. The van der Waals surface area contributed by atoms with Gasteiger partial charge in [-0.15, -0.1) is 0 Å². The van der Waals surface area contributed by atoms with Gasteiger partial charge in [-0.2, -0.15) is 0 Å². The number of rotatable bonds is 4. The molecule has 0 spiro atoms. The minimum atomic E-state index is -3.63. The Balaban J connectivity index is 2.56. The highest BCUT2D eigenvalue weighted by Gasteiger charge is 2.20. The van der Waals surface area contributed by atoms with Crippen molar-refractivity contribution in [1.82, 2.24) is 0 Å². The van der Waals surface area contributed by atoms with Crippen molar-refractivity contribution in [3.8, 4) is 0 Å². The normalized spacial score (nSPS) is 11.2. The number of nitrogens with one attached hydrogen (secondary N) is 2. The largest absolute Gasteiger partial charge is 0.387 e. The van der Waals surface area contributed by atoms with E-state index >= 15 is 0 Å². The summed E-state index contributed by atoms with van der Waals surface area (Å²) in [4.78, 5) is 0.334. The van der Waals surface area contributed by atoms with Crippen LogP contribution in [0.3, 0.4) is 0 Å². The minimum Gasteiger partial charge on any atom is -0.387 e. The molecule has 0 unspecified atom stereocenters. The van der Waals surface area contributed by atoms with E-state index in [4.69, 9.17) is 23.2 Å². The number of benzene rings is 2. The highest BCUT2D eigenvalue weighted by Crippen LogP contribution is 2.31. The Labute approximate surface area is 134 Å². The smallest absolute Gasteiger partial charge is 0.206 e. The number of hydrogen-bond donors (Lipinski definition) is 2. The van der Waals surface area contributed by atoms with Crippen LogP contribution in [0.2, 0.25) is 10.0 Å². The number of hydrogen-bond acceptors (Lipinski definition) is 4. The molecule has 0 aliphatic carbocycles. The van der Waals surface area contributed by atoms with Gasteiger partial charge in [0, 0.05) is 14.1 Å². The number of sulfone groups is 1. The van der Waals surface area contributed by atoms with Crippen LogP contribution in [0.4, 0.5) is 11.4 Å². The molecule has 2 rings (SSSR count). The van der Waals surface area contributed by atoms with E-state index in [1.54, 1.807) is 26.2 Å². The lowest BCUT2D eigenvalue weighted by atomic mass is 10.3. The standard InChI is InChI=1S/C14H14Cl2N2O2S/c1-17-13-7-9(3-5-11(13)15)21(19,20)10-4-6-12(16)14(8-10)18-2/h3-8,17-18H,1-2H3. The third kappa shape index (κ3) is 3.10. The zero-order valence-corrected chi connectivity index (χ0v) is 13.8. The van der Waals surface area contributed by atoms with Crippen LogP contribution < -0.4 is 10.6 Å². The lowest BCUT2D eigenvalue weighted by Gasteiger charge is -2.10. The second-order valence-electron chi connectivity index (χ2n) is 4.29. The number of anilines is 2. The van der Waals surface area contributed by atoms with Gasteiger partial charge >= 0.3 is 0 Å². The van der Waals surface area contributed by atoms with Crippen LogP contribution in [0.25, 0.3) is 0 Å². The van der Waals surface area contributed by atoms with Crippen molar-refractivity contribution in [3.05, 3.63) is 46.4 Å². The summed E-state index contributed by atoms with van der Waals surface area (Å²) in [7, 11) is -0.276. The Morgan fingerprint density at radius 3 is 1.52 bits per heavy atom. The van der Waals surface area contributed by atoms with Crippen molar-refractivity contribution in [1.29, 1.82) is 0 Å². The second-order valence-corrected chi connectivity index (χ2v) is 7.05. The maximum Gasteiger partial charge on any atom is 0.206 e. The van der Waals surface area contributed by atoms with Gasteiger partial charge in [0.1, 0.15) is 0 Å². The van der Waals surface area contributed by atoms with Crippen LogP contribution in [0, 0.1) is 0 Å². The van der Waals surface area contributed by atoms with E-state index in [9.17, 15) is 8.42 Å². The molecule has 0 saturated heterocycles. The highest BCUT2D eigenvalue weighted by atomic mass is 35.5. The summed E-state index contributed by atoms with van der Waals surface area (Å²) >= 11 is 12.0. The van der Waals surface area contributed by atoms with Crippen molar-refractivity contribution < 1.29 is 8.42 Å². The molecule has 0 fully saturated rings. The first-order valence-corrected chi connectivity index (χ1v) is 8.33. The Kier molecular flexibility index (Phi) is 4.66. The van der Waals surface area contributed by atoms with Gasteiger partial charge in [0.15, 0.2) is 0 Å². The zero-order valence-electron chi connectivity index (χ0n) is 11.4. The molecule has 2 N–H and O–H groups in total. The van der Waals surface area contributed by atoms with Gasteiger partial charge in [-0.3, -0.25) is 0 Å². The summed E-state index contributed by atoms with van der Waals surface area (Å²) in [6.07, 6.45) is 0. The van der Waals surface area contributed by atoms with E-state index in [0.717, 1.165) is 0 Å². The fourth-order valence-electron chi connectivity index (χ4n) is 1.86. The molecule has 0 radical (unpaired) electrons. The van der Waals surface area contributed by atoms with E-state index in [0.29, 0.717) is 21.4 Å². The monoisotopic (exact) mass is 344 g/mol. The molecule has 7 heteroatoms. The maximum absolute atomic E-state index is 12.7. The van der Waals surface area contributed by atoms with Crippen molar-refractivity contribution in [2.75, 3.05) is 24.7 Å². The van der Waals surface area contributed by atoms with Crippen LogP contribution in [0.5, 0.6) is 0 Å². The van der Waals surface area contributed by atoms with E-state index in [1.165, 1.54) is 24.3 Å². The number of halogens is 2. The van der Waals surface area contributed by atoms with E-state index in [-0.39, 0.29) is 9.79 Å². The van der Waals surface area contributed by atoms with Gasteiger partial charge in [-0.25, -0.2) is 8.42 Å². The Bertz CT molecular complexity index is 717. The molecule has 0 aromatic heterocycles. The average molecular weight is 345 g/mol. The quantitative estimate of drug-likeness (QED) is 0.882. The lowest BCUT2D eigenvalue weighted by molar-refractivity contribution is 0.596. The van der Waals surface area contributed by atoms with Crippen molar-refractivity contribution >= 4 is 44.4 Å². The van der Waals surface area contributed by atoms with Crippen LogP contribution in [-0.4, -0.2) is 22.5 Å². The molecule has 21 heavy (non-hydrogen) atoms. The van der Waals surface area contributed by atoms with E-state index in [2.05, 4.69) is 10.6 Å². The highest BCUT2D eigenvalue weighted by molar-refractivity contribution is 7.91. The van der Waals surface area contributed by atoms with Gasteiger partial charge in [0.05, 0.1) is 31.2 Å². The molecule has 0 bridgehead atoms. The predicted octanol–water partition coefficient (Wildman–Crippen LogP) is 3.91. The first-order chi connectivity index (χ1) is 9.90. The van der Waals surface area contributed by atoms with Crippen LogP contribution in [0.15, 0.2) is 46.2 Å². The van der Waals surface area contributed by atoms with Crippen molar-refractivity contribution in [2.24, 2.45) is 0 Å². The molecule has 0 aliphatic rings. The lowest BCUT2D eigenvalue weighted by Crippen LogP contribution is -2.04. The molecular formula is C14H14Cl2N2O2S. The minimum absolute atomic E-state index is 0.167. The molecule has 4 nitrogen and oxygen atoms in total. The predicted molar refractivity (Wildman–Crippen MR) is 87.4 cm³/mol. The second kappa shape index (κ2) is 6.13. The molecule has 0 aliphatic heterocycles. The van der Waals surface area contributed by atoms with E-state index in [1.807, 2.05) is 0 Å². The third-order valence-electron chi connectivity index (χ3n) is 3.03. The first kappa shape index (κ1) is 15.9. The van der Waals surface area contributed by atoms with Crippen LogP contribution >= 0.6 is 23.2 Å².